The van der Waals surface area contributed by atoms with Gasteiger partial charge in [0.25, 0.3) is 0 Å². The van der Waals surface area contributed by atoms with Crippen LogP contribution >= 0.6 is 0 Å². The summed E-state index contributed by atoms with van der Waals surface area (Å²) in [5.41, 5.74) is 1.58. The molecule has 0 aromatic heterocycles. The van der Waals surface area contributed by atoms with Gasteiger partial charge < -0.3 is 5.11 Å². The van der Waals surface area contributed by atoms with Crippen LogP contribution < -0.4 is 0 Å². The van der Waals surface area contributed by atoms with Gasteiger partial charge in [0.1, 0.15) is 4.75 Å². The molecule has 4 rings (SSSR count). The molecular weight excluding hydrogens is 344 g/mol. The van der Waals surface area contributed by atoms with Crippen molar-refractivity contribution in [1.82, 2.24) is 0 Å². The molecule has 0 heterocycles. The van der Waals surface area contributed by atoms with E-state index in [9.17, 15) is 13.5 Å². The summed E-state index contributed by atoms with van der Waals surface area (Å²) in [5, 5.41) is 11.2. The molecule has 1 aliphatic rings. The molecule has 1 unspecified atom stereocenters. The van der Waals surface area contributed by atoms with E-state index in [0.717, 1.165) is 5.56 Å². The molecule has 132 valence electrons. The van der Waals surface area contributed by atoms with Gasteiger partial charge in [0, 0.05) is 5.92 Å². The Bertz CT molecular complexity index is 985. The van der Waals surface area contributed by atoms with Gasteiger partial charge in [-0.3, -0.25) is 0 Å². The predicted octanol–water partition coefficient (Wildman–Crippen LogP) is 4.12. The first-order valence-electron chi connectivity index (χ1n) is 8.65. The summed E-state index contributed by atoms with van der Waals surface area (Å²) in [5.74, 6) is -0.232. The Hall–Kier alpha value is -2.43. The molecule has 1 saturated carbocycles. The van der Waals surface area contributed by atoms with E-state index in [1.165, 1.54) is 0 Å². The highest BCUT2D eigenvalue weighted by atomic mass is 32.2. The number of hydrogen-bond donors (Lipinski definition) is 1. The van der Waals surface area contributed by atoms with E-state index in [1.54, 1.807) is 42.5 Å². The van der Waals surface area contributed by atoms with Crippen LogP contribution in [0.1, 0.15) is 29.6 Å². The maximum absolute atomic E-state index is 13.6. The lowest BCUT2D eigenvalue weighted by atomic mass is 10.0. The Morgan fingerprint density at radius 3 is 1.88 bits per heavy atom. The van der Waals surface area contributed by atoms with Crippen LogP contribution in [0, 0.1) is 0 Å². The van der Waals surface area contributed by atoms with E-state index in [4.69, 9.17) is 0 Å². The number of aliphatic hydroxyl groups excluding tert-OH is 1. The molecular formula is C22H20O3S. The summed E-state index contributed by atoms with van der Waals surface area (Å²) in [4.78, 5) is 0.258. The van der Waals surface area contributed by atoms with Crippen molar-refractivity contribution in [2.24, 2.45) is 0 Å². The fraction of sp³-hybridized carbons (Fsp3) is 0.182. The molecule has 0 aliphatic heterocycles. The Morgan fingerprint density at radius 2 is 1.31 bits per heavy atom. The third-order valence-corrected chi connectivity index (χ3v) is 7.85. The van der Waals surface area contributed by atoms with Crippen LogP contribution in [0.4, 0.5) is 0 Å². The van der Waals surface area contributed by atoms with Gasteiger partial charge >= 0.3 is 0 Å². The van der Waals surface area contributed by atoms with Gasteiger partial charge in [-0.2, -0.15) is 0 Å². The lowest BCUT2D eigenvalue weighted by molar-refractivity contribution is 0.160. The minimum absolute atomic E-state index is 0.232. The smallest absolute Gasteiger partial charge is 0.187 e. The van der Waals surface area contributed by atoms with Crippen molar-refractivity contribution >= 4 is 9.84 Å². The molecule has 1 aliphatic carbocycles. The van der Waals surface area contributed by atoms with Crippen molar-refractivity contribution in [2.75, 3.05) is 0 Å². The van der Waals surface area contributed by atoms with Crippen LogP contribution in [-0.2, 0) is 9.84 Å². The van der Waals surface area contributed by atoms with Gasteiger partial charge in [-0.05, 0) is 29.7 Å². The minimum Gasteiger partial charge on any atom is -0.387 e. The lowest BCUT2D eigenvalue weighted by Gasteiger charge is -2.25. The Balaban J connectivity index is 1.84. The largest absolute Gasteiger partial charge is 0.387 e. The van der Waals surface area contributed by atoms with E-state index >= 15 is 0 Å². The van der Waals surface area contributed by atoms with Crippen LogP contribution in [0.15, 0.2) is 95.9 Å². The third-order valence-electron chi connectivity index (χ3n) is 5.29. The molecule has 3 nitrogen and oxygen atoms in total. The molecule has 0 saturated heterocycles. The first kappa shape index (κ1) is 17.0. The van der Waals surface area contributed by atoms with Gasteiger partial charge in [-0.25, -0.2) is 8.42 Å². The molecule has 0 radical (unpaired) electrons. The molecule has 1 N–H and O–H groups in total. The number of aliphatic hydroxyl groups is 1. The second-order valence-electron chi connectivity index (χ2n) is 6.75. The number of rotatable bonds is 5. The van der Waals surface area contributed by atoms with Gasteiger partial charge in [0.2, 0.25) is 0 Å². The molecule has 0 spiro atoms. The zero-order chi connectivity index (χ0) is 18.2. The molecule has 4 heteroatoms. The first-order valence-corrected chi connectivity index (χ1v) is 10.1. The maximum Gasteiger partial charge on any atom is 0.187 e. The van der Waals surface area contributed by atoms with E-state index in [1.807, 2.05) is 48.5 Å². The lowest BCUT2D eigenvalue weighted by Crippen LogP contribution is -2.33. The van der Waals surface area contributed by atoms with Gasteiger partial charge in [0.15, 0.2) is 9.84 Å². The molecule has 0 amide bonds. The van der Waals surface area contributed by atoms with Crippen molar-refractivity contribution in [3.63, 3.8) is 0 Å². The van der Waals surface area contributed by atoms with Crippen LogP contribution in [-0.4, -0.2) is 18.3 Å². The third kappa shape index (κ3) is 2.57. The second-order valence-corrected chi connectivity index (χ2v) is 8.99. The van der Waals surface area contributed by atoms with Crippen molar-refractivity contribution in [1.29, 1.82) is 0 Å². The normalized spacial score (nSPS) is 23.3. The first-order chi connectivity index (χ1) is 12.6. The highest BCUT2D eigenvalue weighted by molar-refractivity contribution is 7.93. The highest BCUT2D eigenvalue weighted by Crippen LogP contribution is 2.64. The highest BCUT2D eigenvalue weighted by Gasteiger charge is 2.68. The summed E-state index contributed by atoms with van der Waals surface area (Å²) in [6.45, 7) is 0. The van der Waals surface area contributed by atoms with E-state index in [2.05, 4.69) is 0 Å². The Labute approximate surface area is 153 Å². The average Bonchev–Trinajstić information content (AvgIpc) is 3.47. The van der Waals surface area contributed by atoms with E-state index in [0.29, 0.717) is 12.0 Å². The zero-order valence-corrected chi connectivity index (χ0v) is 15.0. The zero-order valence-electron chi connectivity index (χ0n) is 14.2. The summed E-state index contributed by atoms with van der Waals surface area (Å²) in [6.07, 6.45) is -0.677. The van der Waals surface area contributed by atoms with Crippen molar-refractivity contribution in [3.05, 3.63) is 102 Å². The van der Waals surface area contributed by atoms with Crippen LogP contribution in [0.25, 0.3) is 0 Å². The van der Waals surface area contributed by atoms with Crippen LogP contribution in [0.2, 0.25) is 0 Å². The standard InChI is InChI=1S/C22H20O3S/c23-21(18-12-6-2-7-13-18)22(16-20(22)17-10-4-1-5-11-17)26(24,25)19-14-8-3-9-15-19/h1-15,20-21,23H,16H2/t20-,21?,22-/m0/s1. The molecule has 3 atom stereocenters. The van der Waals surface area contributed by atoms with Gasteiger partial charge in [-0.1, -0.05) is 78.9 Å². The second kappa shape index (κ2) is 6.38. The molecule has 1 fully saturated rings. The summed E-state index contributed by atoms with van der Waals surface area (Å²) in [6, 6.07) is 27.1. The Kier molecular flexibility index (Phi) is 4.17. The van der Waals surface area contributed by atoms with Crippen LogP contribution in [0.5, 0.6) is 0 Å². The predicted molar refractivity (Wildman–Crippen MR) is 102 cm³/mol. The number of benzene rings is 3. The maximum atomic E-state index is 13.6. The summed E-state index contributed by atoms with van der Waals surface area (Å²) >= 11 is 0. The van der Waals surface area contributed by atoms with Crippen LogP contribution in [0.3, 0.4) is 0 Å². The summed E-state index contributed by atoms with van der Waals surface area (Å²) < 4.78 is 25.9. The van der Waals surface area contributed by atoms with Gasteiger partial charge in [-0.15, -0.1) is 0 Å². The number of hydrogen-bond acceptors (Lipinski definition) is 3. The average molecular weight is 364 g/mol. The van der Waals surface area contributed by atoms with Gasteiger partial charge in [0.05, 0.1) is 11.0 Å². The number of sulfone groups is 1. The summed E-state index contributed by atoms with van der Waals surface area (Å²) in [7, 11) is -3.72. The quantitative estimate of drug-likeness (QED) is 0.741. The van der Waals surface area contributed by atoms with E-state index in [-0.39, 0.29) is 10.8 Å². The fourth-order valence-corrected chi connectivity index (χ4v) is 6.11. The fourth-order valence-electron chi connectivity index (χ4n) is 3.83. The van der Waals surface area contributed by atoms with E-state index < -0.39 is 20.7 Å². The van der Waals surface area contributed by atoms with Crippen molar-refractivity contribution in [2.45, 2.75) is 28.1 Å². The molecule has 0 bridgehead atoms. The van der Waals surface area contributed by atoms with Crippen molar-refractivity contribution < 1.29 is 13.5 Å². The molecule has 3 aromatic carbocycles. The Morgan fingerprint density at radius 1 is 0.808 bits per heavy atom. The molecule has 3 aromatic rings. The molecule has 26 heavy (non-hydrogen) atoms. The minimum atomic E-state index is -3.72. The monoisotopic (exact) mass is 364 g/mol. The SMILES string of the molecule is O=S(=O)(c1ccccc1)[C@@]1(C(O)c2ccccc2)C[C@H]1c1ccccc1. The van der Waals surface area contributed by atoms with Crippen molar-refractivity contribution in [3.8, 4) is 0 Å². The topological polar surface area (TPSA) is 54.4 Å².